The summed E-state index contributed by atoms with van der Waals surface area (Å²) in [6.45, 7) is 0.455. The van der Waals surface area contributed by atoms with E-state index in [9.17, 15) is 14.8 Å². The van der Waals surface area contributed by atoms with Gasteiger partial charge in [0.15, 0.2) is 5.82 Å². The predicted molar refractivity (Wildman–Crippen MR) is 116 cm³/mol. The average molecular weight is 401 g/mol. The molecule has 0 aliphatic carbocycles. The largest absolute Gasteiger partial charge is 0.493 e. The first-order chi connectivity index (χ1) is 14.5. The van der Waals surface area contributed by atoms with Gasteiger partial charge in [-0.05, 0) is 11.6 Å². The molecule has 8 nitrogen and oxygen atoms in total. The van der Waals surface area contributed by atoms with Crippen molar-refractivity contribution < 1.29 is 14.8 Å². The number of carbonyl (C=O) groups is 1. The number of fused-ring (bicyclic) bond motifs is 1. The average Bonchev–Trinajstić information content (AvgIpc) is 3.08. The van der Waals surface area contributed by atoms with Crippen LogP contribution in [0.4, 0.5) is 5.82 Å². The lowest BCUT2D eigenvalue weighted by Crippen LogP contribution is -2.34. The molecule has 0 fully saturated rings. The van der Waals surface area contributed by atoms with E-state index in [0.717, 1.165) is 10.9 Å². The molecule has 30 heavy (non-hydrogen) atoms. The molecule has 4 rings (SSSR count). The van der Waals surface area contributed by atoms with Crippen molar-refractivity contribution in [3.63, 3.8) is 0 Å². The maximum absolute atomic E-state index is 11.8. The fraction of sp³-hybridized carbons (Fsp3) is 0.0952. The molecule has 1 amide bonds. The highest BCUT2D eigenvalue weighted by atomic mass is 16.4. The normalized spacial score (nSPS) is 10.9. The Kier molecular flexibility index (Phi) is 5.22. The van der Waals surface area contributed by atoms with E-state index in [-0.39, 0.29) is 5.46 Å². The molecule has 4 aromatic rings. The molecule has 0 saturated heterocycles. The van der Waals surface area contributed by atoms with Crippen molar-refractivity contribution in [2.24, 2.45) is 12.8 Å². The number of rotatable bonds is 6. The molecule has 0 atom stereocenters. The molecule has 5 N–H and O–H groups in total. The Morgan fingerprint density at radius 1 is 1.13 bits per heavy atom. The third-order valence-electron chi connectivity index (χ3n) is 4.91. The lowest BCUT2D eigenvalue weighted by molar-refractivity contribution is 0.100. The van der Waals surface area contributed by atoms with Crippen molar-refractivity contribution in [1.29, 1.82) is 0 Å². The predicted octanol–water partition coefficient (Wildman–Crippen LogP) is 1.03. The molecule has 150 valence electrons. The summed E-state index contributed by atoms with van der Waals surface area (Å²) < 4.78 is 1.82. The first-order valence-electron chi connectivity index (χ1n) is 9.35. The van der Waals surface area contributed by atoms with Crippen LogP contribution in [0.1, 0.15) is 15.9 Å². The van der Waals surface area contributed by atoms with Crippen LogP contribution in [0.3, 0.4) is 0 Å². The minimum atomic E-state index is -1.72. The number of benzene rings is 2. The number of aryl methyl sites for hydroxylation is 1. The molecule has 0 saturated carbocycles. The van der Waals surface area contributed by atoms with Crippen LogP contribution in [-0.2, 0) is 13.6 Å². The van der Waals surface area contributed by atoms with Gasteiger partial charge in [-0.25, -0.2) is 9.97 Å². The maximum atomic E-state index is 11.8. The Morgan fingerprint density at radius 2 is 1.90 bits per heavy atom. The van der Waals surface area contributed by atoms with Gasteiger partial charge in [-0.15, -0.1) is 0 Å². The molecule has 2 heterocycles. The summed E-state index contributed by atoms with van der Waals surface area (Å²) in [5.41, 5.74) is 7.80. The summed E-state index contributed by atoms with van der Waals surface area (Å²) in [6, 6.07) is 15.0. The Labute approximate surface area is 173 Å². The fourth-order valence-electron chi connectivity index (χ4n) is 3.47. The monoisotopic (exact) mass is 401 g/mol. The van der Waals surface area contributed by atoms with E-state index < -0.39 is 13.0 Å². The van der Waals surface area contributed by atoms with Gasteiger partial charge < -0.3 is 25.7 Å². The van der Waals surface area contributed by atoms with Gasteiger partial charge in [0.25, 0.3) is 0 Å². The van der Waals surface area contributed by atoms with Gasteiger partial charge in [0.2, 0.25) is 5.91 Å². The highest BCUT2D eigenvalue weighted by molar-refractivity contribution is 6.60. The van der Waals surface area contributed by atoms with E-state index in [1.165, 1.54) is 6.20 Å². The first kappa shape index (κ1) is 19.6. The summed E-state index contributed by atoms with van der Waals surface area (Å²) in [5, 5.41) is 24.1. The summed E-state index contributed by atoms with van der Waals surface area (Å²) in [4.78, 5) is 20.7. The lowest BCUT2D eigenvalue weighted by atomic mass is 9.81. The highest BCUT2D eigenvalue weighted by Gasteiger charge is 2.22. The van der Waals surface area contributed by atoms with Crippen LogP contribution < -0.4 is 16.5 Å². The SMILES string of the molecule is Cn1cc2c(C(N)=O)cccc2c1-c1ncc(B(O)O)c(NCc2ccccc2)n1. The third-order valence-corrected chi connectivity index (χ3v) is 4.91. The van der Waals surface area contributed by atoms with Crippen molar-refractivity contribution in [3.8, 4) is 11.5 Å². The molecule has 0 aliphatic heterocycles. The van der Waals surface area contributed by atoms with Crippen LogP contribution in [0, 0.1) is 0 Å². The molecule has 9 heteroatoms. The van der Waals surface area contributed by atoms with Crippen LogP contribution in [0.25, 0.3) is 22.3 Å². The zero-order chi connectivity index (χ0) is 21.3. The number of nitrogens with two attached hydrogens (primary N) is 1. The van der Waals surface area contributed by atoms with Crippen LogP contribution in [0.15, 0.2) is 60.9 Å². The molecular formula is C21H20BN5O3. The van der Waals surface area contributed by atoms with Gasteiger partial charge in [-0.1, -0.05) is 42.5 Å². The number of carbonyl (C=O) groups excluding carboxylic acids is 1. The molecule has 2 aromatic carbocycles. The van der Waals surface area contributed by atoms with E-state index in [4.69, 9.17) is 5.73 Å². The van der Waals surface area contributed by atoms with Gasteiger partial charge >= 0.3 is 7.12 Å². The van der Waals surface area contributed by atoms with Gasteiger partial charge in [0.1, 0.15) is 5.82 Å². The van der Waals surface area contributed by atoms with E-state index in [1.807, 2.05) is 48.0 Å². The second-order valence-corrected chi connectivity index (χ2v) is 6.93. The minimum Gasteiger partial charge on any atom is -0.423 e. The third kappa shape index (κ3) is 3.63. The number of nitrogens with one attached hydrogen (secondary N) is 1. The Balaban J connectivity index is 1.79. The van der Waals surface area contributed by atoms with Crippen molar-refractivity contribution in [2.45, 2.75) is 6.54 Å². The molecule has 0 unspecified atom stereocenters. The Bertz CT molecular complexity index is 1220. The molecule has 0 bridgehead atoms. The van der Waals surface area contributed by atoms with Crippen molar-refractivity contribution >= 4 is 35.1 Å². The minimum absolute atomic E-state index is 0.172. The summed E-state index contributed by atoms with van der Waals surface area (Å²) in [5.74, 6) is 0.191. The quantitative estimate of drug-likeness (QED) is 0.358. The topological polar surface area (TPSA) is 126 Å². The van der Waals surface area contributed by atoms with Crippen molar-refractivity contribution in [2.75, 3.05) is 5.32 Å². The van der Waals surface area contributed by atoms with E-state index in [2.05, 4.69) is 15.3 Å². The first-order valence-corrected chi connectivity index (χ1v) is 9.35. The number of hydrogen-bond donors (Lipinski definition) is 4. The number of amides is 1. The Hall–Kier alpha value is -3.69. The zero-order valence-corrected chi connectivity index (χ0v) is 16.3. The van der Waals surface area contributed by atoms with Gasteiger partial charge in [0.05, 0.1) is 5.69 Å². The highest BCUT2D eigenvalue weighted by Crippen LogP contribution is 2.30. The number of hydrogen-bond acceptors (Lipinski definition) is 6. The molecule has 2 aromatic heterocycles. The zero-order valence-electron chi connectivity index (χ0n) is 16.3. The van der Waals surface area contributed by atoms with Gasteiger partial charge in [-0.3, -0.25) is 4.79 Å². The number of aromatic nitrogens is 3. The second kappa shape index (κ2) is 7.98. The molecule has 0 aliphatic rings. The van der Waals surface area contributed by atoms with E-state index in [1.54, 1.807) is 18.3 Å². The number of primary amides is 1. The van der Waals surface area contributed by atoms with Gasteiger partial charge in [-0.2, -0.15) is 0 Å². The molecular weight excluding hydrogens is 381 g/mol. The second-order valence-electron chi connectivity index (χ2n) is 6.93. The van der Waals surface area contributed by atoms with E-state index in [0.29, 0.717) is 34.8 Å². The standard InChI is InChI=1S/C21H20BN5O3/c1-27-12-16-14(8-5-9-15(16)19(23)28)18(27)21-25-11-17(22(29)30)20(26-21)24-10-13-6-3-2-4-7-13/h2-9,11-12,29-30H,10H2,1H3,(H2,23,28)(H,24,25,26). The molecule has 0 spiro atoms. The summed E-state index contributed by atoms with van der Waals surface area (Å²) in [7, 11) is 0.110. The lowest BCUT2D eigenvalue weighted by Gasteiger charge is -2.13. The fourth-order valence-corrected chi connectivity index (χ4v) is 3.47. The molecule has 0 radical (unpaired) electrons. The Morgan fingerprint density at radius 3 is 2.60 bits per heavy atom. The number of anilines is 1. The van der Waals surface area contributed by atoms with Crippen LogP contribution in [0.5, 0.6) is 0 Å². The van der Waals surface area contributed by atoms with Crippen LogP contribution in [-0.4, -0.2) is 37.6 Å². The van der Waals surface area contributed by atoms with Crippen LogP contribution in [0.2, 0.25) is 0 Å². The summed E-state index contributed by atoms with van der Waals surface area (Å²) >= 11 is 0. The number of nitrogens with zero attached hydrogens (tertiary/aromatic N) is 3. The van der Waals surface area contributed by atoms with Crippen molar-refractivity contribution in [3.05, 3.63) is 72.1 Å². The van der Waals surface area contributed by atoms with Crippen molar-refractivity contribution in [1.82, 2.24) is 14.5 Å². The smallest absolute Gasteiger partial charge is 0.423 e. The maximum Gasteiger partial charge on any atom is 0.493 e. The van der Waals surface area contributed by atoms with Crippen LogP contribution >= 0.6 is 0 Å². The van der Waals surface area contributed by atoms with E-state index >= 15 is 0 Å². The summed E-state index contributed by atoms with van der Waals surface area (Å²) in [6.07, 6.45) is 3.19. The van der Waals surface area contributed by atoms with Gasteiger partial charge in [0, 0.05) is 47.8 Å².